The maximum Gasteiger partial charge on any atom is 0.227 e. The zero-order chi connectivity index (χ0) is 17.8. The molecule has 1 saturated heterocycles. The Morgan fingerprint density at radius 3 is 2.52 bits per heavy atom. The van der Waals surface area contributed by atoms with Crippen LogP contribution in [0.4, 0.5) is 10.1 Å². The summed E-state index contributed by atoms with van der Waals surface area (Å²) < 4.78 is 19.3. The number of rotatable bonds is 4. The summed E-state index contributed by atoms with van der Waals surface area (Å²) >= 11 is 6.02. The van der Waals surface area contributed by atoms with E-state index in [1.807, 2.05) is 24.3 Å². The average molecular weight is 363 g/mol. The number of para-hydroxylation sites is 2. The fourth-order valence-corrected chi connectivity index (χ4v) is 3.28. The van der Waals surface area contributed by atoms with Crippen molar-refractivity contribution in [1.29, 1.82) is 0 Å². The molecule has 0 radical (unpaired) electrons. The molecule has 2 aromatic carbocycles. The van der Waals surface area contributed by atoms with E-state index in [4.69, 9.17) is 16.3 Å². The van der Waals surface area contributed by atoms with Crippen LogP contribution in [0.5, 0.6) is 5.75 Å². The molecule has 0 aromatic heterocycles. The van der Waals surface area contributed by atoms with Crippen LogP contribution >= 0.6 is 11.6 Å². The molecule has 25 heavy (non-hydrogen) atoms. The van der Waals surface area contributed by atoms with Gasteiger partial charge in [0.15, 0.2) is 0 Å². The first kappa shape index (κ1) is 17.5. The van der Waals surface area contributed by atoms with Crippen molar-refractivity contribution >= 4 is 23.2 Å². The highest BCUT2D eigenvalue weighted by Gasteiger charge is 2.24. The van der Waals surface area contributed by atoms with E-state index in [0.29, 0.717) is 31.2 Å². The third kappa shape index (κ3) is 3.87. The lowest BCUT2D eigenvalue weighted by Crippen LogP contribution is -2.49. The van der Waals surface area contributed by atoms with Crippen molar-refractivity contribution in [2.24, 2.45) is 0 Å². The van der Waals surface area contributed by atoms with Gasteiger partial charge in [-0.2, -0.15) is 0 Å². The van der Waals surface area contributed by atoms with Crippen LogP contribution in [0.2, 0.25) is 5.02 Å². The molecule has 0 saturated carbocycles. The zero-order valence-electron chi connectivity index (χ0n) is 14.0. The highest BCUT2D eigenvalue weighted by molar-refractivity contribution is 6.31. The predicted octanol–water partition coefficient (Wildman–Crippen LogP) is 3.38. The first-order chi connectivity index (χ1) is 12.1. The van der Waals surface area contributed by atoms with Crippen molar-refractivity contribution in [1.82, 2.24) is 4.90 Å². The Labute approximate surface area is 151 Å². The van der Waals surface area contributed by atoms with Crippen LogP contribution in [-0.4, -0.2) is 44.1 Å². The van der Waals surface area contributed by atoms with Gasteiger partial charge < -0.3 is 14.5 Å². The number of hydrogen-bond donors (Lipinski definition) is 0. The minimum Gasteiger partial charge on any atom is -0.495 e. The molecule has 1 heterocycles. The first-order valence-corrected chi connectivity index (χ1v) is 8.56. The topological polar surface area (TPSA) is 32.8 Å². The van der Waals surface area contributed by atoms with Gasteiger partial charge in [0.05, 0.1) is 19.2 Å². The van der Waals surface area contributed by atoms with E-state index >= 15 is 0 Å². The van der Waals surface area contributed by atoms with Gasteiger partial charge in [0.1, 0.15) is 11.6 Å². The summed E-state index contributed by atoms with van der Waals surface area (Å²) in [6.07, 6.45) is -0.0137. The molecular weight excluding hydrogens is 343 g/mol. The fraction of sp³-hybridized carbons (Fsp3) is 0.316. The van der Waals surface area contributed by atoms with Crippen molar-refractivity contribution in [3.05, 3.63) is 58.9 Å². The summed E-state index contributed by atoms with van der Waals surface area (Å²) in [7, 11) is 1.65. The van der Waals surface area contributed by atoms with E-state index in [0.717, 1.165) is 11.4 Å². The van der Waals surface area contributed by atoms with Crippen LogP contribution in [0, 0.1) is 5.82 Å². The van der Waals surface area contributed by atoms with Crippen molar-refractivity contribution in [3.8, 4) is 5.75 Å². The number of methoxy groups -OCH3 is 1. The molecule has 0 spiro atoms. The van der Waals surface area contributed by atoms with E-state index in [9.17, 15) is 9.18 Å². The van der Waals surface area contributed by atoms with Gasteiger partial charge in [-0.1, -0.05) is 29.8 Å². The highest BCUT2D eigenvalue weighted by Crippen LogP contribution is 2.28. The highest BCUT2D eigenvalue weighted by atomic mass is 35.5. The van der Waals surface area contributed by atoms with Gasteiger partial charge in [0.25, 0.3) is 0 Å². The summed E-state index contributed by atoms with van der Waals surface area (Å²) in [5.41, 5.74) is 1.29. The van der Waals surface area contributed by atoms with Crippen LogP contribution in [0.3, 0.4) is 0 Å². The first-order valence-electron chi connectivity index (χ1n) is 8.19. The minimum absolute atomic E-state index is 0.0137. The number of halogens is 2. The number of carbonyl (C=O) groups excluding carboxylic acids is 1. The smallest absolute Gasteiger partial charge is 0.227 e. The number of ether oxygens (including phenoxy) is 1. The Morgan fingerprint density at radius 1 is 1.12 bits per heavy atom. The molecule has 1 fully saturated rings. The van der Waals surface area contributed by atoms with E-state index in [1.54, 1.807) is 18.1 Å². The molecule has 3 rings (SSSR count). The summed E-state index contributed by atoms with van der Waals surface area (Å²) in [6.45, 7) is 2.58. The molecule has 0 bridgehead atoms. The summed E-state index contributed by atoms with van der Waals surface area (Å²) in [4.78, 5) is 16.4. The van der Waals surface area contributed by atoms with Gasteiger partial charge in [-0.3, -0.25) is 4.79 Å². The molecule has 0 unspecified atom stereocenters. The number of benzene rings is 2. The van der Waals surface area contributed by atoms with Gasteiger partial charge in [-0.15, -0.1) is 0 Å². The molecule has 0 atom stereocenters. The molecule has 1 aliphatic rings. The number of amides is 1. The van der Waals surface area contributed by atoms with E-state index in [1.165, 1.54) is 12.1 Å². The second-order valence-corrected chi connectivity index (χ2v) is 6.32. The van der Waals surface area contributed by atoms with E-state index in [2.05, 4.69) is 4.90 Å². The zero-order valence-corrected chi connectivity index (χ0v) is 14.8. The van der Waals surface area contributed by atoms with Gasteiger partial charge in [0, 0.05) is 36.8 Å². The second-order valence-electron chi connectivity index (χ2n) is 5.92. The lowest BCUT2D eigenvalue weighted by atomic mass is 10.1. The molecule has 1 amide bonds. The summed E-state index contributed by atoms with van der Waals surface area (Å²) in [5, 5.41) is 0.293. The second kappa shape index (κ2) is 7.74. The van der Waals surface area contributed by atoms with Crippen molar-refractivity contribution < 1.29 is 13.9 Å². The standard InChI is InChI=1S/C19H20ClFN2O2/c1-25-18-8-3-2-7-17(18)22-9-11-23(12-10-22)19(24)13-14-15(20)5-4-6-16(14)21/h2-8H,9-13H2,1H3. The molecule has 1 aliphatic heterocycles. The maximum absolute atomic E-state index is 13.9. The number of anilines is 1. The molecule has 0 aliphatic carbocycles. The quantitative estimate of drug-likeness (QED) is 0.836. The molecule has 132 valence electrons. The monoisotopic (exact) mass is 362 g/mol. The Bertz CT molecular complexity index is 741. The molecular formula is C19H20ClFN2O2. The third-order valence-corrected chi connectivity index (χ3v) is 4.80. The van der Waals surface area contributed by atoms with E-state index in [-0.39, 0.29) is 17.9 Å². The molecule has 0 N–H and O–H groups in total. The normalized spacial score (nSPS) is 14.5. The summed E-state index contributed by atoms with van der Waals surface area (Å²) in [5.74, 6) is 0.278. The Kier molecular flexibility index (Phi) is 5.43. The van der Waals surface area contributed by atoms with Crippen molar-refractivity contribution in [2.45, 2.75) is 6.42 Å². The van der Waals surface area contributed by atoms with Crippen LogP contribution in [-0.2, 0) is 11.2 Å². The third-order valence-electron chi connectivity index (χ3n) is 4.45. The van der Waals surface area contributed by atoms with Crippen molar-refractivity contribution in [3.63, 3.8) is 0 Å². The SMILES string of the molecule is COc1ccccc1N1CCN(C(=O)Cc2c(F)cccc2Cl)CC1. The number of carbonyl (C=O) groups is 1. The minimum atomic E-state index is -0.437. The fourth-order valence-electron chi connectivity index (χ4n) is 3.05. The van der Waals surface area contributed by atoms with Crippen molar-refractivity contribution in [2.75, 3.05) is 38.2 Å². The van der Waals surface area contributed by atoms with Gasteiger partial charge in [0.2, 0.25) is 5.91 Å². The molecule has 6 heteroatoms. The number of hydrogen-bond acceptors (Lipinski definition) is 3. The Balaban J connectivity index is 1.63. The Hall–Kier alpha value is -2.27. The molecule has 2 aromatic rings. The van der Waals surface area contributed by atoms with Crippen LogP contribution < -0.4 is 9.64 Å². The lowest BCUT2D eigenvalue weighted by molar-refractivity contribution is -0.130. The lowest BCUT2D eigenvalue weighted by Gasteiger charge is -2.36. The van der Waals surface area contributed by atoms with Gasteiger partial charge >= 0.3 is 0 Å². The van der Waals surface area contributed by atoms with Crippen LogP contribution in [0.1, 0.15) is 5.56 Å². The van der Waals surface area contributed by atoms with Crippen LogP contribution in [0.25, 0.3) is 0 Å². The summed E-state index contributed by atoms with van der Waals surface area (Å²) in [6, 6.07) is 12.3. The predicted molar refractivity (Wildman–Crippen MR) is 96.9 cm³/mol. The number of piperazine rings is 1. The average Bonchev–Trinajstić information content (AvgIpc) is 2.65. The number of nitrogens with zero attached hydrogens (tertiary/aromatic N) is 2. The molecule has 4 nitrogen and oxygen atoms in total. The Morgan fingerprint density at radius 2 is 1.84 bits per heavy atom. The van der Waals surface area contributed by atoms with E-state index < -0.39 is 5.82 Å². The maximum atomic E-state index is 13.9. The largest absolute Gasteiger partial charge is 0.495 e. The van der Waals surface area contributed by atoms with Gasteiger partial charge in [-0.25, -0.2) is 4.39 Å². The van der Waals surface area contributed by atoms with Crippen LogP contribution in [0.15, 0.2) is 42.5 Å². The van der Waals surface area contributed by atoms with Gasteiger partial charge in [-0.05, 0) is 24.3 Å².